The van der Waals surface area contributed by atoms with E-state index in [0.29, 0.717) is 29.5 Å². The van der Waals surface area contributed by atoms with Crippen molar-refractivity contribution >= 4 is 0 Å². The first-order valence-electron chi connectivity index (χ1n) is 10.4. The fourth-order valence-electron chi connectivity index (χ4n) is 3.22. The summed E-state index contributed by atoms with van der Waals surface area (Å²) < 4.78 is 48.0. The number of aryl methyl sites for hydroxylation is 1. The van der Waals surface area contributed by atoms with Crippen molar-refractivity contribution in [3.05, 3.63) is 127 Å². The number of aromatic hydroxyl groups is 1. The Bertz CT molecular complexity index is 1180. The molecule has 0 aliphatic rings. The van der Waals surface area contributed by atoms with Crippen LogP contribution in [0.3, 0.4) is 0 Å². The van der Waals surface area contributed by atoms with Gasteiger partial charge in [-0.05, 0) is 47.7 Å². The van der Waals surface area contributed by atoms with E-state index in [2.05, 4.69) is 26.3 Å². The van der Waals surface area contributed by atoms with E-state index in [-0.39, 0.29) is 22.6 Å². The summed E-state index contributed by atoms with van der Waals surface area (Å²) in [6, 6.07) is 16.0. The zero-order valence-corrected chi connectivity index (χ0v) is 19.1. The lowest BCUT2D eigenvalue weighted by molar-refractivity contribution is 0.285. The molecule has 0 aliphatic heterocycles. The minimum Gasteiger partial charge on any atom is -0.508 e. The Labute approximate surface area is 198 Å². The molecule has 0 fully saturated rings. The van der Waals surface area contributed by atoms with Crippen molar-refractivity contribution in [2.24, 2.45) is 0 Å². The van der Waals surface area contributed by atoms with Crippen molar-refractivity contribution in [2.45, 2.75) is 12.8 Å². The van der Waals surface area contributed by atoms with Crippen molar-refractivity contribution in [2.75, 3.05) is 7.11 Å². The lowest BCUT2D eigenvalue weighted by Gasteiger charge is -2.10. The minimum atomic E-state index is -0.944. The largest absolute Gasteiger partial charge is 0.508 e. The third-order valence-corrected chi connectivity index (χ3v) is 5.10. The number of methoxy groups -OCH3 is 1. The summed E-state index contributed by atoms with van der Waals surface area (Å²) in [5.74, 6) is -2.45. The van der Waals surface area contributed by atoms with Gasteiger partial charge in [-0.25, -0.2) is 13.2 Å². The van der Waals surface area contributed by atoms with Crippen LogP contribution in [0.2, 0.25) is 0 Å². The van der Waals surface area contributed by atoms with Crippen molar-refractivity contribution < 1.29 is 23.0 Å². The molecule has 3 aromatic carbocycles. The maximum Gasteiger partial charge on any atom is 0.167 e. The van der Waals surface area contributed by atoms with Crippen LogP contribution in [0.4, 0.5) is 13.2 Å². The molecule has 3 rings (SSSR count). The number of hydrogen-bond donors (Lipinski definition) is 1. The predicted molar refractivity (Wildman–Crippen MR) is 133 cm³/mol. The normalized spacial score (nSPS) is 10.8. The van der Waals surface area contributed by atoms with Crippen molar-refractivity contribution in [1.29, 1.82) is 0 Å². The molecule has 0 heterocycles. The molecular weight excluding hydrogens is 437 g/mol. The summed E-state index contributed by atoms with van der Waals surface area (Å²) in [6.45, 7) is 13.3. The van der Waals surface area contributed by atoms with Gasteiger partial charge >= 0.3 is 0 Å². The molecular formula is C29H27F3O2. The van der Waals surface area contributed by atoms with Crippen LogP contribution < -0.4 is 0 Å². The van der Waals surface area contributed by atoms with Gasteiger partial charge in [0.15, 0.2) is 17.5 Å². The highest BCUT2D eigenvalue weighted by molar-refractivity contribution is 5.72. The second kappa shape index (κ2) is 12.3. The first-order valence-corrected chi connectivity index (χ1v) is 10.4. The van der Waals surface area contributed by atoms with Gasteiger partial charge < -0.3 is 9.84 Å². The van der Waals surface area contributed by atoms with Crippen LogP contribution in [0.15, 0.2) is 110 Å². The van der Waals surface area contributed by atoms with Gasteiger partial charge in [0.05, 0.1) is 7.11 Å². The molecule has 34 heavy (non-hydrogen) atoms. The first-order chi connectivity index (χ1) is 16.3. The van der Waals surface area contributed by atoms with Crippen molar-refractivity contribution in [3.63, 3.8) is 0 Å². The Balaban J connectivity index is 0.00000199. The quantitative estimate of drug-likeness (QED) is 0.206. The third-order valence-electron chi connectivity index (χ3n) is 5.10. The summed E-state index contributed by atoms with van der Waals surface area (Å²) >= 11 is 0. The van der Waals surface area contributed by atoms with Gasteiger partial charge in [0.2, 0.25) is 0 Å². The van der Waals surface area contributed by atoms with Crippen LogP contribution in [0.1, 0.15) is 12.0 Å². The molecule has 5 heteroatoms. The Kier molecular flexibility index (Phi) is 9.50. The molecule has 2 nitrogen and oxygen atoms in total. The molecule has 0 saturated carbocycles. The number of rotatable bonds is 8. The van der Waals surface area contributed by atoms with E-state index >= 15 is 0 Å². The van der Waals surface area contributed by atoms with E-state index in [9.17, 15) is 18.3 Å². The summed E-state index contributed by atoms with van der Waals surface area (Å²) in [4.78, 5) is 0. The molecule has 0 aromatic heterocycles. The van der Waals surface area contributed by atoms with Crippen molar-refractivity contribution in [3.8, 4) is 28.0 Å². The van der Waals surface area contributed by atoms with E-state index in [1.165, 1.54) is 49.6 Å². The highest BCUT2D eigenvalue weighted by Gasteiger charge is 2.16. The number of hydrogen-bond acceptors (Lipinski definition) is 2. The van der Waals surface area contributed by atoms with E-state index in [1.807, 2.05) is 12.1 Å². The van der Waals surface area contributed by atoms with E-state index in [4.69, 9.17) is 4.74 Å². The van der Waals surface area contributed by atoms with E-state index in [0.717, 1.165) is 5.56 Å². The number of phenols is 1. The molecule has 0 radical (unpaired) electrons. The third kappa shape index (κ3) is 6.51. The first kappa shape index (κ1) is 26.3. The molecule has 176 valence electrons. The smallest absolute Gasteiger partial charge is 0.167 e. The number of ether oxygens (including phenoxy) is 1. The average molecular weight is 465 g/mol. The zero-order chi connectivity index (χ0) is 25.3. The highest BCUT2D eigenvalue weighted by Crippen LogP contribution is 2.32. The molecule has 0 amide bonds. The Morgan fingerprint density at radius 2 is 1.32 bits per heavy atom. The van der Waals surface area contributed by atoms with Gasteiger partial charge in [0.25, 0.3) is 0 Å². The van der Waals surface area contributed by atoms with Crippen LogP contribution in [0.5, 0.6) is 5.75 Å². The van der Waals surface area contributed by atoms with E-state index < -0.39 is 17.5 Å². The van der Waals surface area contributed by atoms with Crippen LogP contribution in [-0.2, 0) is 11.2 Å². The van der Waals surface area contributed by atoms with Gasteiger partial charge in [0.1, 0.15) is 11.5 Å². The van der Waals surface area contributed by atoms with Crippen LogP contribution in [0, 0.1) is 11.6 Å². The van der Waals surface area contributed by atoms with Crippen LogP contribution in [-0.4, -0.2) is 12.2 Å². The zero-order valence-electron chi connectivity index (χ0n) is 19.1. The summed E-state index contributed by atoms with van der Waals surface area (Å²) in [7, 11) is 1.34. The lowest BCUT2D eigenvalue weighted by Crippen LogP contribution is -1.94. The van der Waals surface area contributed by atoms with Gasteiger partial charge in [-0.1, -0.05) is 67.3 Å². The number of allylic oxidation sites excluding steroid dienone is 3. The second-order valence-corrected chi connectivity index (χ2v) is 7.31. The average Bonchev–Trinajstić information content (AvgIpc) is 2.86. The molecule has 1 N–H and O–H groups in total. The lowest BCUT2D eigenvalue weighted by atomic mass is 9.97. The van der Waals surface area contributed by atoms with Gasteiger partial charge in [-0.15, -0.1) is 13.2 Å². The summed E-state index contributed by atoms with van der Waals surface area (Å²) in [5.41, 5.74) is 2.84. The van der Waals surface area contributed by atoms with Crippen LogP contribution in [0.25, 0.3) is 22.3 Å². The second-order valence-electron chi connectivity index (χ2n) is 7.31. The standard InChI is InChI=1S/C27H23F3O2.C2H4/c1-17(16-25(28)18(2)32-3)4-5-19-6-8-20(9-7-19)23-14-15-24(27(30)26(23)29)21-10-12-22(31)13-11-21;1-2/h6-16,31H,1-2,4-5H2,3H3;1-2H2/b25-16+;. The van der Waals surface area contributed by atoms with Gasteiger partial charge in [-0.2, -0.15) is 0 Å². The predicted octanol–water partition coefficient (Wildman–Crippen LogP) is 8.31. The summed E-state index contributed by atoms with van der Waals surface area (Å²) in [5, 5.41) is 9.38. The highest BCUT2D eigenvalue weighted by atomic mass is 19.2. The molecule has 0 atom stereocenters. The summed E-state index contributed by atoms with van der Waals surface area (Å²) in [6.07, 6.45) is 2.42. The molecule has 0 spiro atoms. The number of phenolic OH excluding ortho intramolecular Hbond substituents is 1. The fraction of sp³-hybridized carbons (Fsp3) is 0.103. The monoisotopic (exact) mass is 464 g/mol. The molecule has 0 bridgehead atoms. The Morgan fingerprint density at radius 3 is 1.79 bits per heavy atom. The number of benzene rings is 3. The molecule has 3 aromatic rings. The Hall–Kier alpha value is -3.99. The maximum absolute atomic E-state index is 14.8. The maximum atomic E-state index is 14.8. The van der Waals surface area contributed by atoms with E-state index in [1.54, 1.807) is 12.1 Å². The SMILES string of the molecule is C=C.C=C(/C=C(/F)C(=C)OC)CCc1ccc(-c2ccc(-c3ccc(O)cc3)c(F)c2F)cc1. The molecule has 0 saturated heterocycles. The topological polar surface area (TPSA) is 29.5 Å². The Morgan fingerprint density at radius 1 is 0.853 bits per heavy atom. The van der Waals surface area contributed by atoms with Crippen LogP contribution >= 0.6 is 0 Å². The molecule has 0 aliphatic carbocycles. The van der Waals surface area contributed by atoms with Crippen molar-refractivity contribution in [1.82, 2.24) is 0 Å². The number of halogens is 3. The van der Waals surface area contributed by atoms with Gasteiger partial charge in [0, 0.05) is 11.1 Å². The fourth-order valence-corrected chi connectivity index (χ4v) is 3.22. The minimum absolute atomic E-state index is 0.0523. The molecule has 0 unspecified atom stereocenters. The van der Waals surface area contributed by atoms with Gasteiger partial charge in [-0.3, -0.25) is 0 Å².